The Labute approximate surface area is 476 Å². The second-order valence-corrected chi connectivity index (χ2v) is 23.1. The minimum Gasteiger partial charge on any atom is -0.334 e. The Morgan fingerprint density at radius 1 is 0.420 bits per heavy atom. The third-order valence-electron chi connectivity index (χ3n) is 18.5. The van der Waals surface area contributed by atoms with Gasteiger partial charge in [0.2, 0.25) is 0 Å². The Kier molecular flexibility index (Phi) is 11.3. The van der Waals surface area contributed by atoms with E-state index in [-0.39, 0.29) is 12.0 Å². The first-order valence-corrected chi connectivity index (χ1v) is 29.2. The topological polar surface area (TPSA) is 13.0 Å². The molecule has 8 aliphatic rings. The molecule has 390 valence electrons. The highest BCUT2D eigenvalue weighted by Crippen LogP contribution is 2.71. The molecule has 0 saturated heterocycles. The van der Waals surface area contributed by atoms with Gasteiger partial charge in [-0.2, -0.15) is 0 Å². The maximum atomic E-state index is 2.72. The summed E-state index contributed by atoms with van der Waals surface area (Å²) in [4.78, 5) is 10.2. The van der Waals surface area contributed by atoms with Crippen LogP contribution < -0.4 is 19.6 Å². The predicted octanol–water partition coefficient (Wildman–Crippen LogP) is 19.2. The molecule has 8 aromatic rings. The van der Waals surface area contributed by atoms with Crippen molar-refractivity contribution >= 4 is 51.1 Å². The molecule has 16 rings (SSSR count). The number of nitrogens with zero attached hydrogens (tertiary/aromatic N) is 4. The van der Waals surface area contributed by atoms with Gasteiger partial charge in [-0.15, -0.1) is 0 Å². The second-order valence-electron chi connectivity index (χ2n) is 23.1. The summed E-state index contributed by atoms with van der Waals surface area (Å²) < 4.78 is 0. The first kappa shape index (κ1) is 47.6. The van der Waals surface area contributed by atoms with E-state index in [4.69, 9.17) is 0 Å². The highest BCUT2D eigenvalue weighted by Gasteiger charge is 2.60. The number of anilines is 8. The van der Waals surface area contributed by atoms with Crippen molar-refractivity contribution in [3.8, 4) is 11.1 Å². The van der Waals surface area contributed by atoms with Gasteiger partial charge in [0.1, 0.15) is 0 Å². The summed E-state index contributed by atoms with van der Waals surface area (Å²) >= 11 is 0. The zero-order valence-electron chi connectivity index (χ0n) is 45.5. The molecular weight excluding hydrogens is 981 g/mol. The van der Waals surface area contributed by atoms with E-state index in [0.717, 1.165) is 47.0 Å². The normalized spacial score (nSPS) is 23.4. The molecule has 8 aromatic carbocycles. The van der Waals surface area contributed by atoms with Crippen LogP contribution in [0.25, 0.3) is 16.7 Å². The highest BCUT2D eigenvalue weighted by atomic mass is 15.2. The number of para-hydroxylation sites is 5. The van der Waals surface area contributed by atoms with Crippen LogP contribution in [0.5, 0.6) is 0 Å². The molecule has 0 amide bonds. The molecule has 1 spiro atoms. The van der Waals surface area contributed by atoms with Gasteiger partial charge in [-0.1, -0.05) is 177 Å². The quantitative estimate of drug-likeness (QED) is 0.121. The van der Waals surface area contributed by atoms with Gasteiger partial charge in [0.15, 0.2) is 0 Å². The molecule has 7 unspecified atom stereocenters. The van der Waals surface area contributed by atoms with Crippen molar-refractivity contribution in [3.63, 3.8) is 0 Å². The lowest BCUT2D eigenvalue weighted by Gasteiger charge is -2.39. The average molecular weight is 1040 g/mol. The van der Waals surface area contributed by atoms with E-state index in [9.17, 15) is 0 Å². The van der Waals surface area contributed by atoms with E-state index in [1.54, 1.807) is 0 Å². The van der Waals surface area contributed by atoms with Gasteiger partial charge in [-0.05, 0) is 197 Å². The molecule has 4 heteroatoms. The smallest absolute Gasteiger partial charge is 0.0725 e. The van der Waals surface area contributed by atoms with Gasteiger partial charge >= 0.3 is 0 Å². The number of fused-ring (bicyclic) bond motifs is 12. The fourth-order valence-corrected chi connectivity index (χ4v) is 14.7. The molecule has 0 heterocycles. The van der Waals surface area contributed by atoms with Crippen LogP contribution in [0.3, 0.4) is 0 Å². The van der Waals surface area contributed by atoms with Crippen LogP contribution in [-0.2, 0) is 5.41 Å². The SMILES string of the molecule is CC1C=CC=CC1N(c1ccccc1)c1ccc2c(c1)C1(C3=C(c4ccc(N(c5ccccc5)c5ccccc5)cc41)C1CC1C(N(C1=CC=CC4CC14)c1ccccc1)=C3)c1cc(N(C3=CCC=CC=C3)c3ccccc3)ccc1-2. The molecule has 81 heavy (non-hydrogen) atoms. The molecule has 0 radical (unpaired) electrons. The van der Waals surface area contributed by atoms with Gasteiger partial charge in [-0.3, -0.25) is 0 Å². The number of hydrogen-bond acceptors (Lipinski definition) is 4. The summed E-state index contributed by atoms with van der Waals surface area (Å²) in [6.45, 7) is 2.36. The Morgan fingerprint density at radius 3 is 1.60 bits per heavy atom. The summed E-state index contributed by atoms with van der Waals surface area (Å²) in [5.41, 5.74) is 23.4. The van der Waals surface area contributed by atoms with E-state index in [1.165, 1.54) is 79.4 Å². The van der Waals surface area contributed by atoms with Crippen LogP contribution >= 0.6 is 0 Å². The molecule has 0 aromatic heterocycles. The Bertz CT molecular complexity index is 4050. The van der Waals surface area contributed by atoms with E-state index >= 15 is 0 Å². The third kappa shape index (κ3) is 7.71. The van der Waals surface area contributed by atoms with Crippen LogP contribution in [-0.4, -0.2) is 6.04 Å². The van der Waals surface area contributed by atoms with Gasteiger partial charge in [0.25, 0.3) is 0 Å². The molecule has 2 fully saturated rings. The molecule has 2 saturated carbocycles. The lowest BCUT2D eigenvalue weighted by atomic mass is 9.68. The van der Waals surface area contributed by atoms with Crippen molar-refractivity contribution in [2.24, 2.45) is 29.6 Å². The van der Waals surface area contributed by atoms with Crippen LogP contribution in [0.1, 0.15) is 48.4 Å². The Morgan fingerprint density at radius 2 is 0.963 bits per heavy atom. The fourth-order valence-electron chi connectivity index (χ4n) is 14.7. The summed E-state index contributed by atoms with van der Waals surface area (Å²) in [5, 5.41) is 0. The third-order valence-corrected chi connectivity index (χ3v) is 18.5. The average Bonchev–Trinajstić information content (AvgIpc) is 2.07. The zero-order valence-corrected chi connectivity index (χ0v) is 45.5. The molecule has 0 bridgehead atoms. The van der Waals surface area contributed by atoms with Crippen molar-refractivity contribution in [1.82, 2.24) is 0 Å². The number of rotatable bonds is 12. The van der Waals surface area contributed by atoms with Gasteiger partial charge in [0.05, 0.1) is 11.5 Å². The monoisotopic (exact) mass is 1040 g/mol. The first-order chi connectivity index (χ1) is 40.1. The standard InChI is InChI=1S/C77H62N4/c1-52-24-21-22-38-73(52)80(58-34-17-7-18-35-58)62-41-44-64-63-43-40-60(78(55-28-11-4-12-29-55)54-26-9-2-3-10-27-54)47-69(63)77(70(64)49-62)71-48-61(79(56-30-13-5-14-31-56)57-32-15-6-16-33-57)42-45-65(71)76-68-50-67(68)75(51-72(76)77)81(59-36-19-8-20-37-59)74-39-23-25-53-46-66(53)74/h2-9,11-45,47-49,51-53,66-68,73H,10,46,50H2,1H3. The lowest BCUT2D eigenvalue weighted by Crippen LogP contribution is -2.35. The second kappa shape index (κ2) is 19.2. The highest BCUT2D eigenvalue weighted by molar-refractivity contribution is 6.00. The number of benzene rings is 8. The molecule has 0 N–H and O–H groups in total. The minimum atomic E-state index is -0.728. The molecular formula is C77H62N4. The molecule has 0 aliphatic heterocycles. The Balaban J connectivity index is 1.01. The van der Waals surface area contributed by atoms with Gasteiger partial charge < -0.3 is 19.6 Å². The van der Waals surface area contributed by atoms with E-state index in [2.05, 4.69) is 312 Å². The van der Waals surface area contributed by atoms with Crippen LogP contribution in [0.15, 0.2) is 308 Å². The van der Waals surface area contributed by atoms with Crippen LogP contribution in [0, 0.1) is 29.6 Å². The van der Waals surface area contributed by atoms with Crippen molar-refractivity contribution < 1.29 is 0 Å². The maximum absolute atomic E-state index is 2.72. The molecule has 7 atom stereocenters. The lowest BCUT2D eigenvalue weighted by molar-refractivity contribution is 0.609. The van der Waals surface area contributed by atoms with Crippen molar-refractivity contribution in [3.05, 3.63) is 330 Å². The zero-order chi connectivity index (χ0) is 53.6. The van der Waals surface area contributed by atoms with Gasteiger partial charge in [0, 0.05) is 74.4 Å². The summed E-state index contributed by atoms with van der Waals surface area (Å²) in [6.07, 6.45) is 33.5. The van der Waals surface area contributed by atoms with Crippen LogP contribution in [0.2, 0.25) is 0 Å². The molecule has 8 aliphatic carbocycles. The van der Waals surface area contributed by atoms with E-state index < -0.39 is 5.41 Å². The van der Waals surface area contributed by atoms with Crippen molar-refractivity contribution in [1.29, 1.82) is 0 Å². The summed E-state index contributed by atoms with van der Waals surface area (Å²) in [5.74, 6) is 2.14. The molecule has 4 nitrogen and oxygen atoms in total. The van der Waals surface area contributed by atoms with E-state index in [0.29, 0.717) is 23.7 Å². The Hall–Kier alpha value is -9.38. The summed E-state index contributed by atoms with van der Waals surface area (Å²) in [7, 11) is 0. The predicted molar refractivity (Wildman–Crippen MR) is 337 cm³/mol. The number of hydrogen-bond donors (Lipinski definition) is 0. The van der Waals surface area contributed by atoms with Crippen LogP contribution in [0.4, 0.5) is 45.5 Å². The van der Waals surface area contributed by atoms with E-state index in [1.807, 2.05) is 0 Å². The van der Waals surface area contributed by atoms with Crippen molar-refractivity contribution in [2.45, 2.75) is 37.6 Å². The fraction of sp³-hybridized carbons (Fsp3) is 0.143. The van der Waals surface area contributed by atoms with Gasteiger partial charge in [-0.25, -0.2) is 0 Å². The van der Waals surface area contributed by atoms with Crippen molar-refractivity contribution in [2.75, 3.05) is 19.6 Å². The maximum Gasteiger partial charge on any atom is 0.0725 e. The number of allylic oxidation sites excluding steroid dienone is 15. The first-order valence-electron chi connectivity index (χ1n) is 29.2. The minimum absolute atomic E-state index is 0.107. The summed E-state index contributed by atoms with van der Waals surface area (Å²) in [6, 6.07) is 77.8. The largest absolute Gasteiger partial charge is 0.334 e.